The van der Waals surface area contributed by atoms with Gasteiger partial charge in [-0.2, -0.15) is 0 Å². The number of nitrogens with zero attached hydrogens (tertiary/aromatic N) is 3. The molecule has 1 aromatic heterocycles. The summed E-state index contributed by atoms with van der Waals surface area (Å²) in [5.74, 6) is 4.66. The van der Waals surface area contributed by atoms with E-state index in [9.17, 15) is 4.39 Å². The van der Waals surface area contributed by atoms with E-state index in [2.05, 4.69) is 21.8 Å². The molecule has 1 heterocycles. The van der Waals surface area contributed by atoms with Crippen molar-refractivity contribution in [2.45, 2.75) is 50.4 Å². The van der Waals surface area contributed by atoms with E-state index in [1.807, 2.05) is 6.07 Å². The van der Waals surface area contributed by atoms with Crippen molar-refractivity contribution in [1.29, 1.82) is 0 Å². The lowest BCUT2D eigenvalue weighted by Gasteiger charge is -2.56. The molecule has 4 aliphatic rings. The van der Waals surface area contributed by atoms with Crippen LogP contribution in [0.25, 0.3) is 0 Å². The maximum Gasteiger partial charge on any atom is 0.139 e. The molecule has 3 nitrogen and oxygen atoms in total. The van der Waals surface area contributed by atoms with Gasteiger partial charge in [0.25, 0.3) is 0 Å². The molecule has 4 fully saturated rings. The largest absolute Gasteiger partial charge is 0.317 e. The summed E-state index contributed by atoms with van der Waals surface area (Å²) in [4.78, 5) is 0. The molecular weight excluding hydrogens is 301 g/mol. The Morgan fingerprint density at radius 3 is 2.38 bits per heavy atom. The lowest BCUT2D eigenvalue weighted by atomic mass is 9.49. The van der Waals surface area contributed by atoms with Gasteiger partial charge in [-0.1, -0.05) is 12.1 Å². The molecule has 4 aliphatic carbocycles. The van der Waals surface area contributed by atoms with Crippen LogP contribution in [0.2, 0.25) is 0 Å². The standard InChI is InChI=1S/C20H24FN3/c1-24-18(9-13-3-2-4-17(21)8-13)22-23-19(24)20-10-14-5-15(11-20)7-16(6-14)12-20/h2-4,8,14-16H,5-7,9-12H2,1H3. The first-order chi connectivity index (χ1) is 11.6. The van der Waals surface area contributed by atoms with Crippen molar-refractivity contribution in [3.8, 4) is 0 Å². The van der Waals surface area contributed by atoms with Crippen molar-refractivity contribution in [2.24, 2.45) is 24.8 Å². The molecular formula is C20H24FN3. The van der Waals surface area contributed by atoms with Crippen molar-refractivity contribution in [3.63, 3.8) is 0 Å². The van der Waals surface area contributed by atoms with Crippen LogP contribution in [0.5, 0.6) is 0 Å². The summed E-state index contributed by atoms with van der Waals surface area (Å²) >= 11 is 0. The minimum atomic E-state index is -0.184. The van der Waals surface area contributed by atoms with Gasteiger partial charge in [-0.05, 0) is 74.0 Å². The molecule has 1 aromatic carbocycles. The average Bonchev–Trinajstić information content (AvgIpc) is 2.88. The van der Waals surface area contributed by atoms with Crippen LogP contribution < -0.4 is 0 Å². The number of benzene rings is 1. The molecule has 0 spiro atoms. The smallest absolute Gasteiger partial charge is 0.139 e. The maximum atomic E-state index is 13.4. The summed E-state index contributed by atoms with van der Waals surface area (Å²) in [5, 5.41) is 9.13. The van der Waals surface area contributed by atoms with Gasteiger partial charge >= 0.3 is 0 Å². The summed E-state index contributed by atoms with van der Waals surface area (Å²) in [6.07, 6.45) is 8.85. The van der Waals surface area contributed by atoms with Gasteiger partial charge in [0.05, 0.1) is 0 Å². The molecule has 4 saturated carbocycles. The molecule has 0 N–H and O–H groups in total. The molecule has 0 radical (unpaired) electrons. The minimum Gasteiger partial charge on any atom is -0.317 e. The topological polar surface area (TPSA) is 30.7 Å². The lowest BCUT2D eigenvalue weighted by Crippen LogP contribution is -2.49. The third kappa shape index (κ3) is 2.22. The van der Waals surface area contributed by atoms with Crippen molar-refractivity contribution >= 4 is 0 Å². The van der Waals surface area contributed by atoms with Crippen LogP contribution in [0.1, 0.15) is 55.7 Å². The molecule has 126 valence electrons. The van der Waals surface area contributed by atoms with Gasteiger partial charge < -0.3 is 4.57 Å². The molecule has 0 saturated heterocycles. The van der Waals surface area contributed by atoms with Gasteiger partial charge in [-0.25, -0.2) is 4.39 Å². The van der Waals surface area contributed by atoms with Crippen molar-refractivity contribution < 1.29 is 4.39 Å². The maximum absolute atomic E-state index is 13.4. The molecule has 0 amide bonds. The van der Waals surface area contributed by atoms with Crippen LogP contribution in [0.15, 0.2) is 24.3 Å². The van der Waals surface area contributed by atoms with Gasteiger partial charge in [-0.15, -0.1) is 10.2 Å². The van der Waals surface area contributed by atoms with E-state index in [1.165, 1.54) is 50.4 Å². The van der Waals surface area contributed by atoms with Crippen molar-refractivity contribution in [2.75, 3.05) is 0 Å². The number of hydrogen-bond donors (Lipinski definition) is 0. The van der Waals surface area contributed by atoms with E-state index >= 15 is 0 Å². The van der Waals surface area contributed by atoms with Gasteiger partial charge in [0, 0.05) is 18.9 Å². The van der Waals surface area contributed by atoms with Gasteiger partial charge in [0.15, 0.2) is 0 Å². The summed E-state index contributed by atoms with van der Waals surface area (Å²) < 4.78 is 15.6. The highest BCUT2D eigenvalue weighted by atomic mass is 19.1. The fraction of sp³-hybridized carbons (Fsp3) is 0.600. The van der Waals surface area contributed by atoms with E-state index in [4.69, 9.17) is 0 Å². The quantitative estimate of drug-likeness (QED) is 0.853. The zero-order valence-electron chi connectivity index (χ0n) is 14.2. The molecule has 0 atom stereocenters. The van der Waals surface area contributed by atoms with E-state index in [-0.39, 0.29) is 11.2 Å². The first-order valence-electron chi connectivity index (χ1n) is 9.24. The number of aromatic nitrogens is 3. The van der Waals surface area contributed by atoms with Crippen LogP contribution in [-0.2, 0) is 18.9 Å². The van der Waals surface area contributed by atoms with Crippen LogP contribution in [0.4, 0.5) is 4.39 Å². The van der Waals surface area contributed by atoms with Crippen LogP contribution in [-0.4, -0.2) is 14.8 Å². The second-order valence-corrected chi connectivity index (χ2v) is 8.50. The molecule has 0 aliphatic heterocycles. The third-order valence-electron chi connectivity index (χ3n) is 6.73. The van der Waals surface area contributed by atoms with E-state index in [0.29, 0.717) is 6.42 Å². The predicted octanol–water partition coefficient (Wildman–Crippen LogP) is 4.01. The third-order valence-corrected chi connectivity index (χ3v) is 6.73. The second-order valence-electron chi connectivity index (χ2n) is 8.50. The highest BCUT2D eigenvalue weighted by molar-refractivity contribution is 5.23. The summed E-state index contributed by atoms with van der Waals surface area (Å²) in [6, 6.07) is 6.81. The summed E-state index contributed by atoms with van der Waals surface area (Å²) in [7, 11) is 2.10. The van der Waals surface area contributed by atoms with Crippen LogP contribution >= 0.6 is 0 Å². The lowest BCUT2D eigenvalue weighted by molar-refractivity contribution is -0.0108. The normalized spacial score (nSPS) is 34.0. The summed E-state index contributed by atoms with van der Waals surface area (Å²) in [5.41, 5.74) is 1.22. The Balaban J connectivity index is 1.47. The van der Waals surface area contributed by atoms with E-state index in [0.717, 1.165) is 29.1 Å². The Hall–Kier alpha value is -1.71. The molecule has 24 heavy (non-hydrogen) atoms. The first kappa shape index (κ1) is 14.6. The Morgan fingerprint density at radius 2 is 1.75 bits per heavy atom. The fourth-order valence-corrected chi connectivity index (χ4v) is 6.19. The Bertz CT molecular complexity index is 744. The monoisotopic (exact) mass is 325 g/mol. The highest BCUT2D eigenvalue weighted by Gasteiger charge is 2.53. The zero-order valence-corrected chi connectivity index (χ0v) is 14.2. The molecule has 4 bridgehead atoms. The first-order valence-corrected chi connectivity index (χ1v) is 9.24. The van der Waals surface area contributed by atoms with Gasteiger partial charge in [0.2, 0.25) is 0 Å². The summed E-state index contributed by atoms with van der Waals surface area (Å²) in [6.45, 7) is 0. The number of halogens is 1. The SMILES string of the molecule is Cn1c(Cc2cccc(F)c2)nnc1C12CC3CC(CC(C3)C1)C2. The minimum absolute atomic E-state index is 0.184. The Morgan fingerprint density at radius 1 is 1.08 bits per heavy atom. The van der Waals surface area contributed by atoms with Gasteiger partial charge in [0.1, 0.15) is 17.5 Å². The van der Waals surface area contributed by atoms with Crippen LogP contribution in [0.3, 0.4) is 0 Å². The molecule has 0 unspecified atom stereocenters. The molecule has 2 aromatic rings. The fourth-order valence-electron chi connectivity index (χ4n) is 6.19. The Labute approximate surface area is 142 Å². The van der Waals surface area contributed by atoms with E-state index in [1.54, 1.807) is 12.1 Å². The predicted molar refractivity (Wildman–Crippen MR) is 90.1 cm³/mol. The highest BCUT2D eigenvalue weighted by Crippen LogP contribution is 2.60. The van der Waals surface area contributed by atoms with Crippen LogP contribution in [0, 0.1) is 23.6 Å². The number of rotatable bonds is 3. The van der Waals surface area contributed by atoms with Crippen molar-refractivity contribution in [3.05, 3.63) is 47.3 Å². The van der Waals surface area contributed by atoms with Gasteiger partial charge in [-0.3, -0.25) is 0 Å². The zero-order chi connectivity index (χ0) is 16.3. The second kappa shape index (κ2) is 5.14. The number of hydrogen-bond acceptors (Lipinski definition) is 2. The Kier molecular flexibility index (Phi) is 3.13. The van der Waals surface area contributed by atoms with E-state index < -0.39 is 0 Å². The molecule has 4 heteroatoms. The average molecular weight is 325 g/mol. The van der Waals surface area contributed by atoms with Crippen molar-refractivity contribution in [1.82, 2.24) is 14.8 Å². The molecule has 6 rings (SSSR count).